The standard InChI is InChI=1S/C26H22N4O2/c1-17-14-25-29(26(32)21-10-4-7-13-24(21)30(25)27-17)16-18(31)15-28-22-11-5-2-8-19(22)20-9-3-6-12-23(20)28/h2-14,18,31H,15-16H2,1H3. The monoisotopic (exact) mass is 422 g/mol. The molecule has 158 valence electrons. The smallest absolute Gasteiger partial charge is 0.261 e. The van der Waals surface area contributed by atoms with Crippen molar-refractivity contribution in [1.82, 2.24) is 18.7 Å². The topological polar surface area (TPSA) is 64.5 Å². The van der Waals surface area contributed by atoms with E-state index in [2.05, 4.69) is 33.9 Å². The number of aliphatic hydroxyl groups is 1. The number of benzene rings is 3. The zero-order chi connectivity index (χ0) is 21.8. The third-order valence-corrected chi connectivity index (χ3v) is 6.16. The second-order valence-corrected chi connectivity index (χ2v) is 8.29. The van der Waals surface area contributed by atoms with Gasteiger partial charge in [-0.15, -0.1) is 0 Å². The molecule has 0 aliphatic rings. The summed E-state index contributed by atoms with van der Waals surface area (Å²) in [6, 6.07) is 25.8. The Bertz CT molecular complexity index is 1640. The first-order valence-electron chi connectivity index (χ1n) is 10.7. The molecule has 0 saturated carbocycles. The van der Waals surface area contributed by atoms with Gasteiger partial charge in [0.15, 0.2) is 0 Å². The molecule has 6 rings (SSSR count). The van der Waals surface area contributed by atoms with E-state index in [1.807, 2.05) is 61.5 Å². The van der Waals surface area contributed by atoms with Crippen LogP contribution in [0.3, 0.4) is 0 Å². The molecule has 3 aromatic carbocycles. The molecule has 1 unspecified atom stereocenters. The van der Waals surface area contributed by atoms with Crippen molar-refractivity contribution >= 4 is 38.4 Å². The van der Waals surface area contributed by atoms with Gasteiger partial charge in [-0.25, -0.2) is 4.52 Å². The van der Waals surface area contributed by atoms with E-state index >= 15 is 0 Å². The first-order chi connectivity index (χ1) is 15.6. The third-order valence-electron chi connectivity index (χ3n) is 6.16. The summed E-state index contributed by atoms with van der Waals surface area (Å²) >= 11 is 0. The second kappa shape index (κ2) is 7.07. The Morgan fingerprint density at radius 2 is 1.31 bits per heavy atom. The van der Waals surface area contributed by atoms with Crippen LogP contribution in [0.25, 0.3) is 38.4 Å². The molecule has 6 heteroatoms. The van der Waals surface area contributed by atoms with Crippen LogP contribution in [0.5, 0.6) is 0 Å². The van der Waals surface area contributed by atoms with E-state index in [4.69, 9.17) is 0 Å². The minimum absolute atomic E-state index is 0.116. The summed E-state index contributed by atoms with van der Waals surface area (Å²) in [4.78, 5) is 13.3. The first kappa shape index (κ1) is 18.8. The molecule has 1 N–H and O–H groups in total. The van der Waals surface area contributed by atoms with E-state index < -0.39 is 6.10 Å². The van der Waals surface area contributed by atoms with Gasteiger partial charge in [-0.3, -0.25) is 9.36 Å². The van der Waals surface area contributed by atoms with Gasteiger partial charge in [-0.05, 0) is 31.2 Å². The number of aryl methyl sites for hydroxylation is 1. The lowest BCUT2D eigenvalue weighted by Crippen LogP contribution is -2.30. The summed E-state index contributed by atoms with van der Waals surface area (Å²) in [6.45, 7) is 2.47. The number of para-hydroxylation sites is 3. The molecule has 0 aliphatic heterocycles. The van der Waals surface area contributed by atoms with Gasteiger partial charge in [0.25, 0.3) is 5.56 Å². The Hall–Kier alpha value is -3.90. The van der Waals surface area contributed by atoms with Crippen molar-refractivity contribution in [2.45, 2.75) is 26.1 Å². The fraction of sp³-hybridized carbons (Fsp3) is 0.154. The lowest BCUT2D eigenvalue weighted by atomic mass is 10.2. The average Bonchev–Trinajstić information content (AvgIpc) is 3.35. The van der Waals surface area contributed by atoms with E-state index in [1.54, 1.807) is 9.08 Å². The molecule has 0 spiro atoms. The normalized spacial score (nSPS) is 12.9. The van der Waals surface area contributed by atoms with Crippen molar-refractivity contribution in [2.24, 2.45) is 0 Å². The molecule has 0 saturated heterocycles. The minimum atomic E-state index is -0.757. The molecule has 0 fully saturated rings. The molecule has 32 heavy (non-hydrogen) atoms. The van der Waals surface area contributed by atoms with Crippen molar-refractivity contribution in [1.29, 1.82) is 0 Å². The second-order valence-electron chi connectivity index (χ2n) is 8.29. The molecular weight excluding hydrogens is 400 g/mol. The largest absolute Gasteiger partial charge is 0.389 e. The zero-order valence-electron chi connectivity index (χ0n) is 17.6. The molecular formula is C26H22N4O2. The van der Waals surface area contributed by atoms with E-state index in [1.165, 1.54) is 0 Å². The molecule has 3 heterocycles. The maximum atomic E-state index is 13.3. The van der Waals surface area contributed by atoms with Crippen LogP contribution in [0.15, 0.2) is 83.7 Å². The number of rotatable bonds is 4. The average molecular weight is 422 g/mol. The molecule has 6 aromatic rings. The van der Waals surface area contributed by atoms with E-state index in [0.29, 0.717) is 17.6 Å². The summed E-state index contributed by atoms with van der Waals surface area (Å²) < 4.78 is 5.57. The van der Waals surface area contributed by atoms with Crippen LogP contribution in [-0.4, -0.2) is 30.0 Å². The van der Waals surface area contributed by atoms with Gasteiger partial charge in [-0.1, -0.05) is 48.5 Å². The Kier molecular flexibility index (Phi) is 4.16. The Labute approximate surface area is 183 Å². The van der Waals surface area contributed by atoms with Crippen molar-refractivity contribution in [3.8, 4) is 0 Å². The van der Waals surface area contributed by atoms with Gasteiger partial charge in [0.2, 0.25) is 0 Å². The number of fused-ring (bicyclic) bond motifs is 6. The van der Waals surface area contributed by atoms with Crippen LogP contribution in [0.2, 0.25) is 0 Å². The maximum Gasteiger partial charge on any atom is 0.261 e. The molecule has 3 aromatic heterocycles. The number of hydrogen-bond acceptors (Lipinski definition) is 3. The highest BCUT2D eigenvalue weighted by Crippen LogP contribution is 2.29. The number of aliphatic hydroxyl groups excluding tert-OH is 1. The Balaban J connectivity index is 1.46. The van der Waals surface area contributed by atoms with Crippen molar-refractivity contribution in [2.75, 3.05) is 0 Å². The molecule has 6 nitrogen and oxygen atoms in total. The Morgan fingerprint density at radius 3 is 1.97 bits per heavy atom. The highest BCUT2D eigenvalue weighted by Gasteiger charge is 2.18. The highest BCUT2D eigenvalue weighted by molar-refractivity contribution is 6.07. The minimum Gasteiger partial charge on any atom is -0.389 e. The van der Waals surface area contributed by atoms with E-state index in [-0.39, 0.29) is 12.1 Å². The summed E-state index contributed by atoms with van der Waals surface area (Å²) in [7, 11) is 0. The third kappa shape index (κ3) is 2.77. The number of nitrogens with zero attached hydrogens (tertiary/aromatic N) is 4. The molecule has 0 bridgehead atoms. The van der Waals surface area contributed by atoms with Crippen LogP contribution in [0.4, 0.5) is 0 Å². The summed E-state index contributed by atoms with van der Waals surface area (Å²) in [5.74, 6) is 0. The number of hydrogen-bond donors (Lipinski definition) is 1. The predicted octanol–water partition coefficient (Wildman–Crippen LogP) is 4.13. The van der Waals surface area contributed by atoms with Gasteiger partial charge in [0.1, 0.15) is 5.65 Å². The van der Waals surface area contributed by atoms with Gasteiger partial charge in [-0.2, -0.15) is 5.10 Å². The molecule has 1 atom stereocenters. The van der Waals surface area contributed by atoms with Crippen molar-refractivity contribution in [3.63, 3.8) is 0 Å². The summed E-state index contributed by atoms with van der Waals surface area (Å²) in [5, 5.41) is 18.6. The van der Waals surface area contributed by atoms with Crippen LogP contribution < -0.4 is 5.56 Å². The zero-order valence-corrected chi connectivity index (χ0v) is 17.6. The first-order valence-corrected chi connectivity index (χ1v) is 10.7. The Morgan fingerprint density at radius 1 is 0.781 bits per heavy atom. The van der Waals surface area contributed by atoms with Crippen LogP contribution >= 0.6 is 0 Å². The highest BCUT2D eigenvalue weighted by atomic mass is 16.3. The molecule has 0 aliphatic carbocycles. The van der Waals surface area contributed by atoms with Crippen LogP contribution in [0.1, 0.15) is 5.69 Å². The lowest BCUT2D eigenvalue weighted by molar-refractivity contribution is 0.137. The fourth-order valence-corrected chi connectivity index (χ4v) is 4.80. The van der Waals surface area contributed by atoms with Crippen LogP contribution in [0, 0.1) is 6.92 Å². The van der Waals surface area contributed by atoms with Gasteiger partial charge in [0.05, 0.1) is 35.8 Å². The van der Waals surface area contributed by atoms with Gasteiger partial charge in [0, 0.05) is 27.9 Å². The van der Waals surface area contributed by atoms with Crippen molar-refractivity contribution < 1.29 is 5.11 Å². The van der Waals surface area contributed by atoms with E-state index in [9.17, 15) is 9.90 Å². The predicted molar refractivity (Wildman–Crippen MR) is 127 cm³/mol. The summed E-state index contributed by atoms with van der Waals surface area (Å²) in [5.41, 5.74) is 4.31. The maximum absolute atomic E-state index is 13.3. The van der Waals surface area contributed by atoms with Gasteiger partial charge >= 0.3 is 0 Å². The molecule has 0 radical (unpaired) electrons. The summed E-state index contributed by atoms with van der Waals surface area (Å²) in [6.07, 6.45) is -0.757. The molecule has 0 amide bonds. The quantitative estimate of drug-likeness (QED) is 0.465. The van der Waals surface area contributed by atoms with Crippen molar-refractivity contribution in [3.05, 3.63) is 94.9 Å². The fourth-order valence-electron chi connectivity index (χ4n) is 4.80. The number of aromatic nitrogens is 4. The van der Waals surface area contributed by atoms with Gasteiger partial charge < -0.3 is 9.67 Å². The lowest BCUT2D eigenvalue weighted by Gasteiger charge is -2.17. The SMILES string of the molecule is Cc1cc2n(CC(O)Cn3c4ccccc4c4ccccc43)c(=O)c3ccccc3n2n1. The van der Waals surface area contributed by atoms with E-state index in [0.717, 1.165) is 33.0 Å². The van der Waals surface area contributed by atoms with Crippen LogP contribution in [-0.2, 0) is 13.1 Å².